The highest BCUT2D eigenvalue weighted by Gasteiger charge is 2.14. The molecule has 1 N–H and O–H groups in total. The van der Waals surface area contributed by atoms with Crippen molar-refractivity contribution in [2.24, 2.45) is 0 Å². The predicted octanol–water partition coefficient (Wildman–Crippen LogP) is 2.63. The molecule has 0 radical (unpaired) electrons. The second-order valence-corrected chi connectivity index (χ2v) is 4.47. The Morgan fingerprint density at radius 2 is 2.31 bits per heavy atom. The molecule has 1 aromatic rings. The molecule has 0 unspecified atom stereocenters. The highest BCUT2D eigenvalue weighted by atomic mass is 32.1. The third-order valence-electron chi connectivity index (χ3n) is 2.13. The first-order valence-corrected chi connectivity index (χ1v) is 5.98. The van der Waals surface area contributed by atoms with E-state index in [4.69, 9.17) is 9.84 Å². The highest BCUT2D eigenvalue weighted by molar-refractivity contribution is 7.15. The lowest BCUT2D eigenvalue weighted by Crippen LogP contribution is -2.01. The van der Waals surface area contributed by atoms with E-state index < -0.39 is 0 Å². The minimum absolute atomic E-state index is 0.0743. The topological polar surface area (TPSA) is 46.5 Å². The Kier molecular flexibility index (Phi) is 4.71. The number of carbonyl (C=O) groups is 1. The van der Waals surface area contributed by atoms with Gasteiger partial charge in [-0.15, -0.1) is 11.3 Å². The number of carbonyl (C=O) groups excluding carboxylic acids is 1. The van der Waals surface area contributed by atoms with Gasteiger partial charge in [-0.1, -0.05) is 6.58 Å². The Morgan fingerprint density at radius 1 is 1.62 bits per heavy atom. The first-order valence-electron chi connectivity index (χ1n) is 5.16. The van der Waals surface area contributed by atoms with Gasteiger partial charge >= 0.3 is 5.97 Å². The summed E-state index contributed by atoms with van der Waals surface area (Å²) in [6.45, 7) is 8.05. The standard InChI is InChI=1S/C12H16O3S/c1-4-15-12(14)10-7-9(3)11(16-10)8(2)5-6-13/h7,13H,2,4-6H2,1,3H3. The zero-order valence-electron chi connectivity index (χ0n) is 9.58. The molecule has 88 valence electrons. The monoisotopic (exact) mass is 240 g/mol. The Hall–Kier alpha value is -1.13. The van der Waals surface area contributed by atoms with Crippen LogP contribution in [0.1, 0.15) is 33.5 Å². The molecule has 0 saturated carbocycles. The van der Waals surface area contributed by atoms with E-state index in [0.29, 0.717) is 17.9 Å². The highest BCUT2D eigenvalue weighted by Crippen LogP contribution is 2.29. The summed E-state index contributed by atoms with van der Waals surface area (Å²) in [6, 6.07) is 1.81. The summed E-state index contributed by atoms with van der Waals surface area (Å²) in [6.07, 6.45) is 0.531. The van der Waals surface area contributed by atoms with Crippen molar-refractivity contribution in [1.29, 1.82) is 0 Å². The molecule has 0 aromatic carbocycles. The third-order valence-corrected chi connectivity index (χ3v) is 3.45. The van der Waals surface area contributed by atoms with Crippen molar-refractivity contribution in [3.63, 3.8) is 0 Å². The van der Waals surface area contributed by atoms with E-state index in [-0.39, 0.29) is 12.6 Å². The van der Waals surface area contributed by atoms with E-state index in [0.717, 1.165) is 16.0 Å². The molecule has 0 aliphatic carbocycles. The minimum Gasteiger partial charge on any atom is -0.462 e. The zero-order valence-corrected chi connectivity index (χ0v) is 10.4. The van der Waals surface area contributed by atoms with Crippen molar-refractivity contribution < 1.29 is 14.6 Å². The number of hydrogen-bond donors (Lipinski definition) is 1. The zero-order chi connectivity index (χ0) is 12.1. The fourth-order valence-electron chi connectivity index (χ4n) is 1.38. The maximum atomic E-state index is 11.5. The van der Waals surface area contributed by atoms with Crippen molar-refractivity contribution >= 4 is 22.9 Å². The summed E-state index contributed by atoms with van der Waals surface area (Å²) in [5, 5.41) is 8.84. The van der Waals surface area contributed by atoms with Crippen molar-refractivity contribution in [2.75, 3.05) is 13.2 Å². The van der Waals surface area contributed by atoms with E-state index in [1.807, 2.05) is 6.92 Å². The summed E-state index contributed by atoms with van der Waals surface area (Å²) in [7, 11) is 0. The van der Waals surface area contributed by atoms with Crippen LogP contribution < -0.4 is 0 Å². The molecule has 0 saturated heterocycles. The van der Waals surface area contributed by atoms with Crippen LogP contribution in [0.4, 0.5) is 0 Å². The first-order chi connectivity index (χ1) is 7.60. The van der Waals surface area contributed by atoms with E-state index >= 15 is 0 Å². The maximum absolute atomic E-state index is 11.5. The lowest BCUT2D eigenvalue weighted by atomic mass is 10.1. The maximum Gasteiger partial charge on any atom is 0.348 e. The summed E-state index contributed by atoms with van der Waals surface area (Å²) < 4.78 is 4.93. The predicted molar refractivity (Wildman–Crippen MR) is 65.7 cm³/mol. The van der Waals surface area contributed by atoms with Crippen LogP contribution in [0.15, 0.2) is 12.6 Å². The van der Waals surface area contributed by atoms with E-state index in [1.54, 1.807) is 13.0 Å². The van der Waals surface area contributed by atoms with E-state index in [2.05, 4.69) is 6.58 Å². The van der Waals surface area contributed by atoms with Crippen LogP contribution in [-0.4, -0.2) is 24.3 Å². The average molecular weight is 240 g/mol. The van der Waals surface area contributed by atoms with Gasteiger partial charge in [-0.2, -0.15) is 0 Å². The number of esters is 1. The molecule has 0 atom stereocenters. The van der Waals surface area contributed by atoms with Gasteiger partial charge in [-0.05, 0) is 37.5 Å². The average Bonchev–Trinajstić information content (AvgIpc) is 2.61. The summed E-state index contributed by atoms with van der Waals surface area (Å²) in [4.78, 5) is 13.1. The van der Waals surface area contributed by atoms with Gasteiger partial charge in [0, 0.05) is 11.5 Å². The number of aliphatic hydroxyl groups is 1. The van der Waals surface area contributed by atoms with Crippen LogP contribution in [0.3, 0.4) is 0 Å². The molecule has 0 fully saturated rings. The Balaban J connectivity index is 2.89. The summed E-state index contributed by atoms with van der Waals surface area (Å²) >= 11 is 1.37. The van der Waals surface area contributed by atoms with Crippen molar-refractivity contribution in [1.82, 2.24) is 0 Å². The Labute approximate surface area is 99.4 Å². The molecule has 1 aromatic heterocycles. The minimum atomic E-state index is -0.293. The summed E-state index contributed by atoms with van der Waals surface area (Å²) in [5.74, 6) is -0.293. The molecular formula is C12H16O3S. The van der Waals surface area contributed by atoms with Gasteiger partial charge in [0.05, 0.1) is 6.61 Å². The van der Waals surface area contributed by atoms with Crippen LogP contribution >= 0.6 is 11.3 Å². The molecule has 16 heavy (non-hydrogen) atoms. The SMILES string of the molecule is C=C(CCO)c1sc(C(=O)OCC)cc1C. The van der Waals surface area contributed by atoms with Crippen molar-refractivity contribution in [3.8, 4) is 0 Å². The molecule has 1 heterocycles. The molecule has 0 aliphatic heterocycles. The number of aryl methyl sites for hydroxylation is 1. The van der Waals surface area contributed by atoms with Gasteiger partial charge in [0.2, 0.25) is 0 Å². The lowest BCUT2D eigenvalue weighted by Gasteiger charge is -2.01. The van der Waals surface area contributed by atoms with Crippen LogP contribution in [0.5, 0.6) is 0 Å². The molecule has 1 rings (SSSR count). The van der Waals surface area contributed by atoms with Gasteiger partial charge in [0.1, 0.15) is 4.88 Å². The number of thiophene rings is 1. The van der Waals surface area contributed by atoms with Crippen LogP contribution in [0.2, 0.25) is 0 Å². The van der Waals surface area contributed by atoms with Gasteiger partial charge in [-0.3, -0.25) is 0 Å². The first kappa shape index (κ1) is 12.9. The molecule has 4 heteroatoms. The van der Waals surface area contributed by atoms with Crippen molar-refractivity contribution in [2.45, 2.75) is 20.3 Å². The molecule has 0 bridgehead atoms. The van der Waals surface area contributed by atoms with Crippen molar-refractivity contribution in [3.05, 3.63) is 28.0 Å². The smallest absolute Gasteiger partial charge is 0.348 e. The van der Waals surface area contributed by atoms with Gasteiger partial charge in [-0.25, -0.2) is 4.79 Å². The normalized spacial score (nSPS) is 10.2. The molecule has 3 nitrogen and oxygen atoms in total. The summed E-state index contributed by atoms with van der Waals surface area (Å²) in [5.41, 5.74) is 1.87. The second-order valence-electron chi connectivity index (χ2n) is 3.42. The van der Waals surface area contributed by atoms with Crippen LogP contribution in [-0.2, 0) is 4.74 Å². The number of hydrogen-bond acceptors (Lipinski definition) is 4. The molecule has 0 spiro atoms. The molecule has 0 aliphatic rings. The van der Waals surface area contributed by atoms with Gasteiger partial charge in [0.25, 0.3) is 0 Å². The Bertz CT molecular complexity index is 393. The fraction of sp³-hybridized carbons (Fsp3) is 0.417. The number of rotatable bonds is 5. The van der Waals surface area contributed by atoms with Gasteiger partial charge in [0.15, 0.2) is 0 Å². The van der Waals surface area contributed by atoms with Gasteiger partial charge < -0.3 is 9.84 Å². The second kappa shape index (κ2) is 5.82. The fourth-order valence-corrected chi connectivity index (χ4v) is 2.45. The van der Waals surface area contributed by atoms with E-state index in [9.17, 15) is 4.79 Å². The quantitative estimate of drug-likeness (QED) is 0.805. The van der Waals surface area contributed by atoms with Crippen LogP contribution in [0.25, 0.3) is 5.57 Å². The Morgan fingerprint density at radius 3 is 2.88 bits per heavy atom. The third kappa shape index (κ3) is 2.93. The molecule has 0 amide bonds. The molecular weight excluding hydrogens is 224 g/mol. The lowest BCUT2D eigenvalue weighted by molar-refractivity contribution is 0.0532. The largest absolute Gasteiger partial charge is 0.462 e. The van der Waals surface area contributed by atoms with E-state index in [1.165, 1.54) is 11.3 Å². The number of ether oxygens (including phenoxy) is 1. The number of aliphatic hydroxyl groups excluding tert-OH is 1. The van der Waals surface area contributed by atoms with Crippen LogP contribution in [0, 0.1) is 6.92 Å².